The van der Waals surface area contributed by atoms with Crippen LogP contribution in [-0.4, -0.2) is 35.9 Å². The van der Waals surface area contributed by atoms with Crippen molar-refractivity contribution in [3.05, 3.63) is 35.9 Å². The van der Waals surface area contributed by atoms with Gasteiger partial charge < -0.3 is 9.05 Å². The van der Waals surface area contributed by atoms with Crippen molar-refractivity contribution < 1.29 is 23.6 Å². The summed E-state index contributed by atoms with van der Waals surface area (Å²) < 4.78 is 23.9. The molecule has 124 valence electrons. The molecule has 0 aromatic heterocycles. The molecule has 6 nitrogen and oxygen atoms in total. The summed E-state index contributed by atoms with van der Waals surface area (Å²) in [5, 5.41) is 10.2. The van der Waals surface area contributed by atoms with Crippen LogP contribution in [0.15, 0.2) is 30.3 Å². The van der Waals surface area contributed by atoms with Crippen LogP contribution in [0.2, 0.25) is 0 Å². The Morgan fingerprint density at radius 1 is 1.23 bits per heavy atom. The summed E-state index contributed by atoms with van der Waals surface area (Å²) in [5.41, 5.74) is 0.257. The Labute approximate surface area is 131 Å². The van der Waals surface area contributed by atoms with Crippen LogP contribution < -0.4 is 0 Å². The van der Waals surface area contributed by atoms with Crippen LogP contribution in [0.4, 0.5) is 0 Å². The van der Waals surface area contributed by atoms with E-state index < -0.39 is 19.2 Å². The van der Waals surface area contributed by atoms with Crippen LogP contribution in [0.25, 0.3) is 0 Å². The summed E-state index contributed by atoms with van der Waals surface area (Å²) in [5.74, 6) is -0.463. The van der Waals surface area contributed by atoms with Gasteiger partial charge in [0.15, 0.2) is 0 Å². The van der Waals surface area contributed by atoms with E-state index in [1.807, 2.05) is 30.3 Å². The second kappa shape index (κ2) is 9.06. The third kappa shape index (κ3) is 5.21. The molecule has 0 spiro atoms. The van der Waals surface area contributed by atoms with Crippen molar-refractivity contribution in [1.82, 2.24) is 5.06 Å². The van der Waals surface area contributed by atoms with E-state index >= 15 is 0 Å². The third-order valence-electron chi connectivity index (χ3n) is 3.16. The van der Waals surface area contributed by atoms with E-state index in [9.17, 15) is 14.6 Å². The van der Waals surface area contributed by atoms with E-state index in [1.165, 1.54) is 6.92 Å². The second-order valence-electron chi connectivity index (χ2n) is 4.73. The lowest BCUT2D eigenvalue weighted by Crippen LogP contribution is -2.27. The Kier molecular flexibility index (Phi) is 7.76. The number of nitrogens with zero attached hydrogens (tertiary/aromatic N) is 1. The molecule has 1 amide bonds. The average Bonchev–Trinajstić information content (AvgIpc) is 2.48. The molecule has 0 heterocycles. The lowest BCUT2D eigenvalue weighted by molar-refractivity contribution is -0.162. The molecule has 1 N–H and O–H groups in total. The first-order valence-corrected chi connectivity index (χ1v) is 8.96. The zero-order valence-corrected chi connectivity index (χ0v) is 14.2. The van der Waals surface area contributed by atoms with E-state index in [-0.39, 0.29) is 26.2 Å². The number of carbonyl (C=O) groups is 1. The number of rotatable bonds is 9. The number of hydrogen-bond donors (Lipinski definition) is 1. The van der Waals surface area contributed by atoms with E-state index in [1.54, 1.807) is 13.8 Å². The molecule has 0 aliphatic carbocycles. The maximum atomic E-state index is 13.1. The Hall–Kier alpha value is -1.20. The Morgan fingerprint density at radius 3 is 2.23 bits per heavy atom. The maximum Gasteiger partial charge on any atom is 0.338 e. The summed E-state index contributed by atoms with van der Waals surface area (Å²) in [7, 11) is -3.39. The van der Waals surface area contributed by atoms with Gasteiger partial charge in [-0.05, 0) is 25.8 Å². The fourth-order valence-corrected chi connectivity index (χ4v) is 4.28. The lowest BCUT2D eigenvalue weighted by Gasteiger charge is -2.27. The first kappa shape index (κ1) is 18.8. The first-order chi connectivity index (χ1) is 10.4. The molecule has 0 aliphatic heterocycles. The predicted molar refractivity (Wildman–Crippen MR) is 83.8 cm³/mol. The Balaban J connectivity index is 3.04. The fraction of sp³-hybridized carbons (Fsp3) is 0.533. The fourth-order valence-electron chi connectivity index (χ4n) is 2.16. The minimum Gasteiger partial charge on any atom is -0.308 e. The molecule has 1 aromatic carbocycles. The van der Waals surface area contributed by atoms with E-state index in [2.05, 4.69) is 0 Å². The Bertz CT molecular complexity index is 498. The van der Waals surface area contributed by atoms with Gasteiger partial charge in [-0.25, -0.2) is 5.06 Å². The molecule has 22 heavy (non-hydrogen) atoms. The van der Waals surface area contributed by atoms with Gasteiger partial charge in [0.2, 0.25) is 5.91 Å². The van der Waals surface area contributed by atoms with Crippen molar-refractivity contribution in [3.63, 3.8) is 0 Å². The maximum absolute atomic E-state index is 13.1. The van der Waals surface area contributed by atoms with Gasteiger partial charge in [-0.1, -0.05) is 30.3 Å². The quantitative estimate of drug-likeness (QED) is 0.425. The largest absolute Gasteiger partial charge is 0.338 e. The number of benzene rings is 1. The van der Waals surface area contributed by atoms with Gasteiger partial charge in [-0.3, -0.25) is 14.6 Å². The number of carbonyl (C=O) groups excluding carboxylic acids is 1. The van der Waals surface area contributed by atoms with Gasteiger partial charge in [0, 0.05) is 13.5 Å². The van der Waals surface area contributed by atoms with Crippen LogP contribution in [0.3, 0.4) is 0 Å². The van der Waals surface area contributed by atoms with Crippen LogP contribution in [0.1, 0.15) is 38.4 Å². The molecular formula is C15H24NO5P. The normalized spacial score (nSPS) is 12.9. The Morgan fingerprint density at radius 2 is 1.77 bits per heavy atom. The van der Waals surface area contributed by atoms with Crippen molar-refractivity contribution in [3.8, 4) is 0 Å². The molecular weight excluding hydrogens is 305 g/mol. The number of amides is 1. The zero-order valence-electron chi connectivity index (χ0n) is 13.3. The van der Waals surface area contributed by atoms with Crippen molar-refractivity contribution in [2.45, 2.75) is 32.9 Å². The van der Waals surface area contributed by atoms with Gasteiger partial charge in [-0.15, -0.1) is 0 Å². The summed E-state index contributed by atoms with van der Waals surface area (Å²) in [6, 6.07) is 9.22. The highest BCUT2D eigenvalue weighted by molar-refractivity contribution is 7.54. The molecule has 1 aromatic rings. The summed E-state index contributed by atoms with van der Waals surface area (Å²) in [4.78, 5) is 11.1. The highest BCUT2D eigenvalue weighted by atomic mass is 31.2. The van der Waals surface area contributed by atoms with Gasteiger partial charge in [0.25, 0.3) is 0 Å². The van der Waals surface area contributed by atoms with E-state index in [0.717, 1.165) is 5.56 Å². The van der Waals surface area contributed by atoms with Crippen molar-refractivity contribution >= 4 is 13.5 Å². The topological polar surface area (TPSA) is 76.1 Å². The summed E-state index contributed by atoms with van der Waals surface area (Å²) in [6.45, 7) is 5.34. The molecule has 0 saturated heterocycles. The third-order valence-corrected chi connectivity index (χ3v) is 5.72. The monoisotopic (exact) mass is 329 g/mol. The van der Waals surface area contributed by atoms with Gasteiger partial charge in [0.05, 0.1) is 18.9 Å². The standard InChI is InChI=1S/C15H24NO5P/c1-4-20-22(19,21-5-2)15(11-12-16(18)13(3)17)14-9-7-6-8-10-14/h6-10,15,18H,4-5,11-12H2,1-3H3. The number of hydrogen-bond acceptors (Lipinski definition) is 5. The summed E-state index contributed by atoms with van der Waals surface area (Å²) in [6.07, 6.45) is 0.275. The van der Waals surface area contributed by atoms with Crippen molar-refractivity contribution in [2.75, 3.05) is 19.8 Å². The smallest absolute Gasteiger partial charge is 0.308 e. The van der Waals surface area contributed by atoms with Crippen LogP contribution in [0, 0.1) is 0 Å². The first-order valence-electron chi connectivity index (χ1n) is 7.35. The van der Waals surface area contributed by atoms with Gasteiger partial charge >= 0.3 is 7.60 Å². The average molecular weight is 329 g/mol. The van der Waals surface area contributed by atoms with E-state index in [4.69, 9.17) is 9.05 Å². The zero-order chi connectivity index (χ0) is 16.6. The van der Waals surface area contributed by atoms with E-state index in [0.29, 0.717) is 5.06 Å². The molecule has 0 fully saturated rings. The molecule has 0 radical (unpaired) electrons. The molecule has 1 atom stereocenters. The van der Waals surface area contributed by atoms with Crippen LogP contribution in [-0.2, 0) is 18.4 Å². The van der Waals surface area contributed by atoms with Crippen LogP contribution in [0.5, 0.6) is 0 Å². The molecule has 7 heteroatoms. The minimum atomic E-state index is -3.39. The molecule has 0 saturated carbocycles. The number of hydroxylamine groups is 2. The predicted octanol–water partition coefficient (Wildman–Crippen LogP) is 3.62. The van der Waals surface area contributed by atoms with Gasteiger partial charge in [-0.2, -0.15) is 0 Å². The highest BCUT2D eigenvalue weighted by Gasteiger charge is 2.36. The van der Waals surface area contributed by atoms with Crippen molar-refractivity contribution in [1.29, 1.82) is 0 Å². The summed E-state index contributed by atoms with van der Waals surface area (Å²) >= 11 is 0. The van der Waals surface area contributed by atoms with Gasteiger partial charge in [0.1, 0.15) is 0 Å². The van der Waals surface area contributed by atoms with Crippen LogP contribution >= 0.6 is 7.60 Å². The second-order valence-corrected chi connectivity index (χ2v) is 6.95. The minimum absolute atomic E-state index is 0.0546. The molecule has 1 unspecified atom stereocenters. The molecule has 0 bridgehead atoms. The molecule has 1 rings (SSSR count). The van der Waals surface area contributed by atoms with Crippen molar-refractivity contribution in [2.24, 2.45) is 0 Å². The highest BCUT2D eigenvalue weighted by Crippen LogP contribution is 2.62. The molecule has 0 aliphatic rings. The SMILES string of the molecule is CCOP(=O)(OCC)C(CCN(O)C(C)=O)c1ccccc1. The lowest BCUT2D eigenvalue weighted by atomic mass is 10.1.